The van der Waals surface area contributed by atoms with Crippen LogP contribution in [0.5, 0.6) is 0 Å². The van der Waals surface area contributed by atoms with Crippen molar-refractivity contribution in [1.29, 1.82) is 0 Å². The summed E-state index contributed by atoms with van der Waals surface area (Å²) in [5.41, 5.74) is 0.465. The van der Waals surface area contributed by atoms with Crippen LogP contribution in [0.15, 0.2) is 23.1 Å². The van der Waals surface area contributed by atoms with Crippen molar-refractivity contribution in [1.82, 2.24) is 10.0 Å². The first-order valence-corrected chi connectivity index (χ1v) is 11.1. The number of alkyl carbamates (subject to hydrolysis) is 1. The molecule has 1 fully saturated rings. The summed E-state index contributed by atoms with van der Waals surface area (Å²) in [6.07, 6.45) is -0.798. The number of aryl methyl sites for hydroxylation is 1. The molecule has 0 bridgehead atoms. The SMILES string of the molecule is CCOC(=O)N[C@H]1CS(=O)(=O)C[C@H]1NS(=O)(=O)c1cc(Cl)ccc1C. The molecular formula is C14H19ClN2O6S2. The highest BCUT2D eigenvalue weighted by atomic mass is 35.5. The number of hydrogen-bond donors (Lipinski definition) is 2. The minimum absolute atomic E-state index is 0.0424. The third-order valence-corrected chi connectivity index (χ3v) is 7.28. The van der Waals surface area contributed by atoms with Crippen molar-refractivity contribution in [3.05, 3.63) is 28.8 Å². The zero-order valence-electron chi connectivity index (χ0n) is 13.7. The molecule has 0 spiro atoms. The fourth-order valence-electron chi connectivity index (χ4n) is 2.56. The molecule has 0 aromatic heterocycles. The summed E-state index contributed by atoms with van der Waals surface area (Å²) in [5, 5.41) is 2.63. The highest BCUT2D eigenvalue weighted by molar-refractivity contribution is 7.92. The number of rotatable bonds is 5. The van der Waals surface area contributed by atoms with E-state index in [0.29, 0.717) is 5.56 Å². The Kier molecular flexibility index (Phi) is 5.97. The first kappa shape index (κ1) is 20.0. The molecule has 0 saturated carbocycles. The third-order valence-electron chi connectivity index (χ3n) is 3.68. The number of sulfone groups is 1. The van der Waals surface area contributed by atoms with Gasteiger partial charge in [0.25, 0.3) is 0 Å². The van der Waals surface area contributed by atoms with E-state index in [1.165, 1.54) is 6.07 Å². The summed E-state index contributed by atoms with van der Waals surface area (Å²) in [6, 6.07) is 2.48. The Bertz CT molecular complexity index is 869. The molecule has 0 radical (unpaired) electrons. The maximum Gasteiger partial charge on any atom is 0.407 e. The van der Waals surface area contributed by atoms with Gasteiger partial charge < -0.3 is 10.1 Å². The lowest BCUT2D eigenvalue weighted by molar-refractivity contribution is 0.148. The number of nitrogens with one attached hydrogen (secondary N) is 2. The van der Waals surface area contributed by atoms with E-state index in [4.69, 9.17) is 16.3 Å². The van der Waals surface area contributed by atoms with E-state index in [1.54, 1.807) is 26.0 Å². The first-order chi connectivity index (χ1) is 11.5. The second kappa shape index (κ2) is 7.48. The predicted molar refractivity (Wildman–Crippen MR) is 92.9 cm³/mol. The normalized spacial score (nSPS) is 22.5. The quantitative estimate of drug-likeness (QED) is 0.742. The minimum Gasteiger partial charge on any atom is -0.450 e. The van der Waals surface area contributed by atoms with Crippen LogP contribution < -0.4 is 10.0 Å². The number of halogens is 1. The lowest BCUT2D eigenvalue weighted by atomic mass is 10.2. The van der Waals surface area contributed by atoms with E-state index >= 15 is 0 Å². The molecule has 25 heavy (non-hydrogen) atoms. The van der Waals surface area contributed by atoms with Crippen molar-refractivity contribution in [3.8, 4) is 0 Å². The van der Waals surface area contributed by atoms with Crippen LogP contribution >= 0.6 is 11.6 Å². The summed E-state index contributed by atoms with van der Waals surface area (Å²) in [5.74, 6) is -0.781. The van der Waals surface area contributed by atoms with Gasteiger partial charge in [0.2, 0.25) is 10.0 Å². The molecule has 1 aromatic carbocycles. The van der Waals surface area contributed by atoms with E-state index in [2.05, 4.69) is 10.0 Å². The van der Waals surface area contributed by atoms with E-state index < -0.39 is 43.8 Å². The molecule has 2 N–H and O–H groups in total. The summed E-state index contributed by atoms with van der Waals surface area (Å²) in [6.45, 7) is 3.32. The lowest BCUT2D eigenvalue weighted by Gasteiger charge is -2.21. The largest absolute Gasteiger partial charge is 0.450 e. The van der Waals surface area contributed by atoms with Gasteiger partial charge in [-0.2, -0.15) is 0 Å². The number of sulfonamides is 1. The molecule has 1 amide bonds. The van der Waals surface area contributed by atoms with Crippen molar-refractivity contribution >= 4 is 37.6 Å². The van der Waals surface area contributed by atoms with Gasteiger partial charge in [0.1, 0.15) is 0 Å². The Morgan fingerprint density at radius 1 is 1.32 bits per heavy atom. The molecule has 11 heteroatoms. The van der Waals surface area contributed by atoms with Crippen LogP contribution in [-0.4, -0.2) is 53.1 Å². The van der Waals surface area contributed by atoms with Gasteiger partial charge in [-0.3, -0.25) is 0 Å². The van der Waals surface area contributed by atoms with Gasteiger partial charge in [-0.05, 0) is 31.5 Å². The second-order valence-electron chi connectivity index (χ2n) is 5.69. The van der Waals surface area contributed by atoms with Crippen LogP contribution in [0.4, 0.5) is 4.79 Å². The van der Waals surface area contributed by atoms with E-state index in [-0.39, 0.29) is 22.3 Å². The average Bonchev–Trinajstić information content (AvgIpc) is 2.74. The fourth-order valence-corrected chi connectivity index (χ4v) is 6.31. The molecule has 2 atom stereocenters. The average molecular weight is 411 g/mol. The van der Waals surface area contributed by atoms with E-state index in [1.807, 2.05) is 0 Å². The molecule has 1 saturated heterocycles. The van der Waals surface area contributed by atoms with Crippen molar-refractivity contribution in [2.75, 3.05) is 18.1 Å². The van der Waals surface area contributed by atoms with Gasteiger partial charge in [0, 0.05) is 5.02 Å². The molecule has 1 aliphatic heterocycles. The molecule has 0 aliphatic carbocycles. The smallest absolute Gasteiger partial charge is 0.407 e. The first-order valence-electron chi connectivity index (χ1n) is 7.46. The monoisotopic (exact) mass is 410 g/mol. The van der Waals surface area contributed by atoms with E-state index in [0.717, 1.165) is 0 Å². The summed E-state index contributed by atoms with van der Waals surface area (Å²) >= 11 is 5.86. The fraction of sp³-hybridized carbons (Fsp3) is 0.500. The molecule has 2 rings (SSSR count). The zero-order chi connectivity index (χ0) is 18.8. The maximum absolute atomic E-state index is 12.6. The minimum atomic E-state index is -4.02. The van der Waals surface area contributed by atoms with Gasteiger partial charge in [0.15, 0.2) is 9.84 Å². The van der Waals surface area contributed by atoms with Gasteiger partial charge in [-0.1, -0.05) is 17.7 Å². The molecule has 1 heterocycles. The van der Waals surface area contributed by atoms with Crippen molar-refractivity contribution in [3.63, 3.8) is 0 Å². The van der Waals surface area contributed by atoms with Crippen molar-refractivity contribution < 1.29 is 26.4 Å². The summed E-state index contributed by atoms with van der Waals surface area (Å²) in [4.78, 5) is 11.5. The highest BCUT2D eigenvalue weighted by Crippen LogP contribution is 2.22. The van der Waals surface area contributed by atoms with Crippen LogP contribution in [0, 0.1) is 6.92 Å². The molecular weight excluding hydrogens is 392 g/mol. The Hall–Kier alpha value is -1.36. The van der Waals surface area contributed by atoms with Crippen LogP contribution in [0.3, 0.4) is 0 Å². The highest BCUT2D eigenvalue weighted by Gasteiger charge is 2.41. The maximum atomic E-state index is 12.6. The standard InChI is InChI=1S/C14H19ClN2O6S2/c1-3-23-14(18)16-11-7-24(19,20)8-12(11)17-25(21,22)13-6-10(15)5-4-9(13)2/h4-6,11-12,17H,3,7-8H2,1-2H3,(H,16,18)/t11-,12+/m0/s1. The Morgan fingerprint density at radius 2 is 1.96 bits per heavy atom. The van der Waals surface area contributed by atoms with Crippen LogP contribution in [0.25, 0.3) is 0 Å². The zero-order valence-corrected chi connectivity index (χ0v) is 16.0. The van der Waals surface area contributed by atoms with Crippen molar-refractivity contribution in [2.24, 2.45) is 0 Å². The van der Waals surface area contributed by atoms with Crippen molar-refractivity contribution in [2.45, 2.75) is 30.8 Å². The topological polar surface area (TPSA) is 119 Å². The number of carbonyl (C=O) groups is 1. The van der Waals surface area contributed by atoms with Crippen LogP contribution in [-0.2, 0) is 24.6 Å². The predicted octanol–water partition coefficient (Wildman–Crippen LogP) is 0.838. The molecule has 140 valence electrons. The van der Waals surface area contributed by atoms with Crippen LogP contribution in [0.2, 0.25) is 5.02 Å². The molecule has 0 unspecified atom stereocenters. The number of carbonyl (C=O) groups excluding carboxylic acids is 1. The molecule has 8 nitrogen and oxygen atoms in total. The van der Waals surface area contributed by atoms with E-state index in [9.17, 15) is 21.6 Å². The Morgan fingerprint density at radius 3 is 2.60 bits per heavy atom. The summed E-state index contributed by atoms with van der Waals surface area (Å²) in [7, 11) is -7.52. The molecule has 1 aromatic rings. The second-order valence-corrected chi connectivity index (χ2v) is 9.96. The number of benzene rings is 1. The number of hydrogen-bond acceptors (Lipinski definition) is 6. The number of amides is 1. The summed E-state index contributed by atoms with van der Waals surface area (Å²) < 4.78 is 56.1. The van der Waals surface area contributed by atoms with Gasteiger partial charge in [0.05, 0.1) is 35.1 Å². The third kappa shape index (κ3) is 5.06. The number of ether oxygens (including phenoxy) is 1. The molecule has 1 aliphatic rings. The Balaban J connectivity index is 2.26. The van der Waals surface area contributed by atoms with Gasteiger partial charge in [-0.25, -0.2) is 26.4 Å². The van der Waals surface area contributed by atoms with Gasteiger partial charge >= 0.3 is 6.09 Å². The Labute approximate surface area is 151 Å². The van der Waals surface area contributed by atoms with Crippen LogP contribution in [0.1, 0.15) is 12.5 Å². The lowest BCUT2D eigenvalue weighted by Crippen LogP contribution is -2.51. The van der Waals surface area contributed by atoms with Gasteiger partial charge in [-0.15, -0.1) is 0 Å².